The van der Waals surface area contributed by atoms with Gasteiger partial charge >= 0.3 is 0 Å². The second-order valence-electron chi connectivity index (χ2n) is 4.01. The van der Waals surface area contributed by atoms with Gasteiger partial charge in [0.1, 0.15) is 0 Å². The van der Waals surface area contributed by atoms with Gasteiger partial charge in [0.15, 0.2) is 0 Å². The predicted octanol–water partition coefficient (Wildman–Crippen LogP) is 2.26. The lowest BCUT2D eigenvalue weighted by Gasteiger charge is -2.24. The molecule has 90 valence electrons. The van der Waals surface area contributed by atoms with Gasteiger partial charge in [0.25, 0.3) is 0 Å². The third-order valence-electron chi connectivity index (χ3n) is 2.57. The van der Waals surface area contributed by atoms with Crippen LogP contribution in [0.15, 0.2) is 24.3 Å². The van der Waals surface area contributed by atoms with E-state index in [1.165, 1.54) is 5.69 Å². The summed E-state index contributed by atoms with van der Waals surface area (Å²) in [6, 6.07) is 7.99. The van der Waals surface area contributed by atoms with Gasteiger partial charge in [-0.1, -0.05) is 13.0 Å². The van der Waals surface area contributed by atoms with Gasteiger partial charge in [-0.25, -0.2) is 0 Å². The van der Waals surface area contributed by atoms with Crippen molar-refractivity contribution >= 4 is 11.4 Å². The van der Waals surface area contributed by atoms with Crippen molar-refractivity contribution in [3.8, 4) is 0 Å². The number of nitrogens with zero attached hydrogens (tertiary/aromatic N) is 1. The number of hydrogen-bond acceptors (Lipinski definition) is 3. The van der Waals surface area contributed by atoms with Gasteiger partial charge < -0.3 is 15.7 Å². The highest BCUT2D eigenvalue weighted by Crippen LogP contribution is 2.18. The van der Waals surface area contributed by atoms with Crippen molar-refractivity contribution < 1.29 is 5.11 Å². The molecule has 0 aliphatic heterocycles. The maximum Gasteiger partial charge on any atom is 0.0431 e. The normalized spacial score (nSPS) is 10.4. The van der Waals surface area contributed by atoms with E-state index in [0.29, 0.717) is 0 Å². The summed E-state index contributed by atoms with van der Waals surface area (Å²) in [6.07, 6.45) is 3.00. The van der Waals surface area contributed by atoms with Gasteiger partial charge in [-0.3, -0.25) is 0 Å². The van der Waals surface area contributed by atoms with Crippen LogP contribution in [0.4, 0.5) is 11.4 Å². The van der Waals surface area contributed by atoms with Gasteiger partial charge in [-0.2, -0.15) is 0 Å². The van der Waals surface area contributed by atoms with Crippen LogP contribution in [0.3, 0.4) is 0 Å². The summed E-state index contributed by atoms with van der Waals surface area (Å²) in [5, 5.41) is 8.79. The molecule has 0 atom stereocenters. The quantitative estimate of drug-likeness (QED) is 0.549. The Hall–Kier alpha value is -1.22. The van der Waals surface area contributed by atoms with Crippen LogP contribution in [0.1, 0.15) is 26.2 Å². The molecule has 3 heteroatoms. The van der Waals surface area contributed by atoms with E-state index in [-0.39, 0.29) is 6.61 Å². The second-order valence-corrected chi connectivity index (χ2v) is 4.01. The number of hydrogen-bond donors (Lipinski definition) is 2. The molecular formula is C13H22N2O. The lowest BCUT2D eigenvalue weighted by Crippen LogP contribution is -2.25. The maximum atomic E-state index is 8.79. The molecule has 0 aromatic heterocycles. The topological polar surface area (TPSA) is 49.5 Å². The number of aliphatic hydroxyl groups is 1. The van der Waals surface area contributed by atoms with Gasteiger partial charge in [0.05, 0.1) is 0 Å². The molecule has 16 heavy (non-hydrogen) atoms. The molecule has 0 saturated carbocycles. The van der Waals surface area contributed by atoms with Gasteiger partial charge in [0.2, 0.25) is 0 Å². The highest BCUT2D eigenvalue weighted by Gasteiger charge is 2.04. The SMILES string of the molecule is CCCN(CCCCO)c1cccc(N)c1. The Morgan fingerprint density at radius 2 is 2.06 bits per heavy atom. The van der Waals surface area contributed by atoms with Crippen LogP contribution in [-0.2, 0) is 0 Å². The third-order valence-corrected chi connectivity index (χ3v) is 2.57. The zero-order valence-corrected chi connectivity index (χ0v) is 10.0. The molecule has 3 N–H and O–H groups in total. The summed E-state index contributed by atoms with van der Waals surface area (Å²) < 4.78 is 0. The molecule has 0 heterocycles. The number of nitrogens with two attached hydrogens (primary N) is 1. The summed E-state index contributed by atoms with van der Waals surface area (Å²) in [7, 11) is 0. The van der Waals surface area contributed by atoms with Gasteiger partial charge in [-0.15, -0.1) is 0 Å². The average molecular weight is 222 g/mol. The summed E-state index contributed by atoms with van der Waals surface area (Å²) in [6.45, 7) is 4.47. The van der Waals surface area contributed by atoms with E-state index in [9.17, 15) is 0 Å². The van der Waals surface area contributed by atoms with Crippen molar-refractivity contribution in [2.45, 2.75) is 26.2 Å². The van der Waals surface area contributed by atoms with Crippen LogP contribution < -0.4 is 10.6 Å². The number of rotatable bonds is 7. The summed E-state index contributed by atoms with van der Waals surface area (Å²) in [5.74, 6) is 0. The number of benzene rings is 1. The van der Waals surface area contributed by atoms with Gasteiger partial charge in [-0.05, 0) is 37.5 Å². The third kappa shape index (κ3) is 4.11. The summed E-state index contributed by atoms with van der Waals surface area (Å²) >= 11 is 0. The largest absolute Gasteiger partial charge is 0.399 e. The number of unbranched alkanes of at least 4 members (excludes halogenated alkanes) is 1. The first-order valence-corrected chi connectivity index (χ1v) is 5.99. The Balaban J connectivity index is 2.61. The van der Waals surface area contributed by atoms with E-state index in [0.717, 1.165) is 38.0 Å². The van der Waals surface area contributed by atoms with E-state index in [4.69, 9.17) is 10.8 Å². The fourth-order valence-corrected chi connectivity index (χ4v) is 1.78. The lowest BCUT2D eigenvalue weighted by molar-refractivity contribution is 0.285. The molecule has 0 aliphatic carbocycles. The van der Waals surface area contributed by atoms with E-state index >= 15 is 0 Å². The van der Waals surface area contributed by atoms with Crippen molar-refractivity contribution in [2.75, 3.05) is 30.3 Å². The number of aliphatic hydroxyl groups excluding tert-OH is 1. The van der Waals surface area contributed by atoms with Crippen LogP contribution in [0, 0.1) is 0 Å². The van der Waals surface area contributed by atoms with E-state index in [1.54, 1.807) is 0 Å². The Labute approximate surface area is 97.9 Å². The predicted molar refractivity (Wildman–Crippen MR) is 69.7 cm³/mol. The molecule has 0 aliphatic rings. The zero-order valence-electron chi connectivity index (χ0n) is 10.0. The highest BCUT2D eigenvalue weighted by molar-refractivity contribution is 5.55. The zero-order chi connectivity index (χ0) is 11.8. The maximum absolute atomic E-state index is 8.79. The smallest absolute Gasteiger partial charge is 0.0431 e. The first kappa shape index (κ1) is 12.8. The molecule has 0 bridgehead atoms. The summed E-state index contributed by atoms with van der Waals surface area (Å²) in [4.78, 5) is 2.33. The van der Waals surface area contributed by atoms with Crippen molar-refractivity contribution in [3.63, 3.8) is 0 Å². The Kier molecular flexibility index (Phi) is 5.72. The second kappa shape index (κ2) is 7.12. The van der Waals surface area contributed by atoms with Crippen LogP contribution in [0.5, 0.6) is 0 Å². The molecule has 0 radical (unpaired) electrons. The van der Waals surface area contributed by atoms with E-state index in [2.05, 4.69) is 17.9 Å². The first-order valence-electron chi connectivity index (χ1n) is 5.99. The van der Waals surface area contributed by atoms with E-state index in [1.807, 2.05) is 18.2 Å². The molecule has 1 aromatic rings. The average Bonchev–Trinajstić information content (AvgIpc) is 2.28. The van der Waals surface area contributed by atoms with E-state index < -0.39 is 0 Å². The molecule has 0 amide bonds. The molecule has 1 aromatic carbocycles. The Bertz CT molecular complexity index is 302. The van der Waals surface area contributed by atoms with Crippen LogP contribution in [-0.4, -0.2) is 24.8 Å². The fraction of sp³-hybridized carbons (Fsp3) is 0.538. The minimum atomic E-state index is 0.275. The van der Waals surface area contributed by atoms with Crippen molar-refractivity contribution in [2.24, 2.45) is 0 Å². The van der Waals surface area contributed by atoms with Crippen LogP contribution in [0.25, 0.3) is 0 Å². The van der Waals surface area contributed by atoms with Crippen molar-refractivity contribution in [1.29, 1.82) is 0 Å². The van der Waals surface area contributed by atoms with Crippen molar-refractivity contribution in [3.05, 3.63) is 24.3 Å². The lowest BCUT2D eigenvalue weighted by atomic mass is 10.2. The molecule has 1 rings (SSSR count). The monoisotopic (exact) mass is 222 g/mol. The Morgan fingerprint density at radius 1 is 1.25 bits per heavy atom. The minimum absolute atomic E-state index is 0.275. The van der Waals surface area contributed by atoms with Gasteiger partial charge in [0, 0.05) is 31.1 Å². The molecule has 0 spiro atoms. The molecule has 0 fully saturated rings. The molecule has 0 unspecified atom stereocenters. The standard InChI is InChI=1S/C13H22N2O/c1-2-8-15(9-3-4-10-16)13-7-5-6-12(14)11-13/h5-7,11,16H,2-4,8-10,14H2,1H3. The highest BCUT2D eigenvalue weighted by atomic mass is 16.2. The molecular weight excluding hydrogens is 200 g/mol. The van der Waals surface area contributed by atoms with Crippen LogP contribution in [0.2, 0.25) is 0 Å². The van der Waals surface area contributed by atoms with Crippen LogP contribution >= 0.6 is 0 Å². The van der Waals surface area contributed by atoms with Crippen molar-refractivity contribution in [1.82, 2.24) is 0 Å². The first-order chi connectivity index (χ1) is 7.77. The number of nitrogen functional groups attached to an aromatic ring is 1. The molecule has 0 saturated heterocycles. The Morgan fingerprint density at radius 3 is 2.69 bits per heavy atom. The summed E-state index contributed by atoms with van der Waals surface area (Å²) in [5.41, 5.74) is 7.77. The molecule has 3 nitrogen and oxygen atoms in total. The fourth-order valence-electron chi connectivity index (χ4n) is 1.78. The number of anilines is 2. The minimum Gasteiger partial charge on any atom is -0.399 e.